The molecule has 0 radical (unpaired) electrons. The van der Waals surface area contributed by atoms with Gasteiger partial charge in [-0.15, -0.1) is 0 Å². The van der Waals surface area contributed by atoms with Crippen LogP contribution in [0.25, 0.3) is 5.57 Å². The van der Waals surface area contributed by atoms with Crippen LogP contribution in [0.15, 0.2) is 24.5 Å². The normalized spacial score (nSPS) is 11.8. The molecule has 0 fully saturated rings. The zero-order chi connectivity index (χ0) is 11.8. The molecule has 1 aromatic rings. The summed E-state index contributed by atoms with van der Waals surface area (Å²) in [5, 5.41) is 3.40. The molecule has 0 saturated heterocycles. The Bertz CT molecular complexity index is 342. The Morgan fingerprint density at radius 3 is 2.94 bits per heavy atom. The van der Waals surface area contributed by atoms with Crippen LogP contribution in [-0.4, -0.2) is 18.1 Å². The van der Waals surface area contributed by atoms with E-state index in [1.807, 2.05) is 12.4 Å². The van der Waals surface area contributed by atoms with Crippen LogP contribution >= 0.6 is 0 Å². The monoisotopic (exact) mass is 218 g/mol. The van der Waals surface area contributed by atoms with Gasteiger partial charge in [-0.1, -0.05) is 13.0 Å². The second-order valence-corrected chi connectivity index (χ2v) is 4.12. The molecule has 0 aliphatic heterocycles. The number of hydrogen-bond donors (Lipinski definition) is 1. The Morgan fingerprint density at radius 2 is 2.25 bits per heavy atom. The molecule has 2 heteroatoms. The fourth-order valence-electron chi connectivity index (χ4n) is 1.68. The maximum absolute atomic E-state index is 4.17. The number of nitrogens with zero attached hydrogens (tertiary/aromatic N) is 1. The Kier molecular flexibility index (Phi) is 5.79. The summed E-state index contributed by atoms with van der Waals surface area (Å²) in [7, 11) is 0. The highest BCUT2D eigenvalue weighted by molar-refractivity contribution is 5.65. The lowest BCUT2D eigenvalue weighted by Gasteiger charge is -2.05. The molecule has 0 aliphatic carbocycles. The fraction of sp³-hybridized carbons (Fsp3) is 0.500. The predicted octanol–water partition coefficient (Wildman–Crippen LogP) is 3.18. The topological polar surface area (TPSA) is 24.9 Å². The van der Waals surface area contributed by atoms with Gasteiger partial charge in [0.1, 0.15) is 0 Å². The summed E-state index contributed by atoms with van der Waals surface area (Å²) in [4.78, 5) is 4.17. The quantitative estimate of drug-likeness (QED) is 0.742. The molecule has 0 atom stereocenters. The number of aromatic nitrogens is 1. The number of hydrogen-bond acceptors (Lipinski definition) is 2. The van der Waals surface area contributed by atoms with Crippen LogP contribution < -0.4 is 5.32 Å². The van der Waals surface area contributed by atoms with Crippen LogP contribution in [0.2, 0.25) is 0 Å². The number of aryl methyl sites for hydroxylation is 1. The molecule has 2 nitrogen and oxygen atoms in total. The highest BCUT2D eigenvalue weighted by atomic mass is 14.8. The number of nitrogens with one attached hydrogen (secondary N) is 1. The third-order valence-corrected chi connectivity index (χ3v) is 2.66. The van der Waals surface area contributed by atoms with E-state index in [2.05, 4.69) is 43.2 Å². The van der Waals surface area contributed by atoms with Crippen LogP contribution in [0.1, 0.15) is 37.8 Å². The van der Waals surface area contributed by atoms with E-state index in [1.54, 1.807) is 0 Å². The fourth-order valence-corrected chi connectivity index (χ4v) is 1.68. The van der Waals surface area contributed by atoms with Crippen molar-refractivity contribution in [2.24, 2.45) is 0 Å². The van der Waals surface area contributed by atoms with E-state index in [-0.39, 0.29) is 0 Å². The third kappa shape index (κ3) is 4.15. The number of pyridine rings is 1. The molecule has 0 spiro atoms. The number of allylic oxidation sites excluding steroid dienone is 1. The Balaban J connectivity index is 2.47. The Labute approximate surface area is 98.8 Å². The summed E-state index contributed by atoms with van der Waals surface area (Å²) >= 11 is 0. The van der Waals surface area contributed by atoms with Crippen molar-refractivity contribution in [2.45, 2.75) is 33.6 Å². The minimum absolute atomic E-state index is 1.06. The summed E-state index contributed by atoms with van der Waals surface area (Å²) in [5.74, 6) is 0. The number of rotatable bonds is 6. The van der Waals surface area contributed by atoms with Gasteiger partial charge in [-0.25, -0.2) is 0 Å². The van der Waals surface area contributed by atoms with Gasteiger partial charge >= 0.3 is 0 Å². The first-order valence-electron chi connectivity index (χ1n) is 6.04. The van der Waals surface area contributed by atoms with Crippen molar-refractivity contribution >= 4 is 5.57 Å². The van der Waals surface area contributed by atoms with Gasteiger partial charge in [0.15, 0.2) is 0 Å². The second-order valence-electron chi connectivity index (χ2n) is 4.12. The summed E-state index contributed by atoms with van der Waals surface area (Å²) in [6.07, 6.45) is 8.35. The first-order chi connectivity index (χ1) is 7.75. The van der Waals surface area contributed by atoms with Gasteiger partial charge in [0, 0.05) is 12.4 Å². The standard InChI is InChI=1S/C14H22N2/c1-4-8-15-9-5-6-12(2)14-11-16-10-7-13(14)3/h6-7,10-11,15H,4-5,8-9H2,1-3H3. The van der Waals surface area contributed by atoms with Gasteiger partial charge in [-0.3, -0.25) is 4.98 Å². The van der Waals surface area contributed by atoms with Gasteiger partial charge in [0.2, 0.25) is 0 Å². The lowest BCUT2D eigenvalue weighted by molar-refractivity contribution is 0.678. The summed E-state index contributed by atoms with van der Waals surface area (Å²) < 4.78 is 0. The maximum atomic E-state index is 4.17. The second kappa shape index (κ2) is 7.18. The van der Waals surface area contributed by atoms with Crippen LogP contribution in [0, 0.1) is 6.92 Å². The van der Waals surface area contributed by atoms with E-state index in [9.17, 15) is 0 Å². The Morgan fingerprint density at radius 1 is 1.44 bits per heavy atom. The van der Waals surface area contributed by atoms with Gasteiger partial charge in [-0.05, 0) is 62.5 Å². The van der Waals surface area contributed by atoms with Crippen molar-refractivity contribution in [3.63, 3.8) is 0 Å². The zero-order valence-corrected chi connectivity index (χ0v) is 10.6. The largest absolute Gasteiger partial charge is 0.316 e. The maximum Gasteiger partial charge on any atom is 0.0345 e. The first kappa shape index (κ1) is 12.9. The van der Waals surface area contributed by atoms with Crippen molar-refractivity contribution in [1.29, 1.82) is 0 Å². The van der Waals surface area contributed by atoms with Crippen molar-refractivity contribution in [2.75, 3.05) is 13.1 Å². The van der Waals surface area contributed by atoms with E-state index in [0.29, 0.717) is 0 Å². The minimum Gasteiger partial charge on any atom is -0.316 e. The van der Waals surface area contributed by atoms with Gasteiger partial charge < -0.3 is 5.32 Å². The molecule has 1 aromatic heterocycles. The van der Waals surface area contributed by atoms with Crippen molar-refractivity contribution in [3.05, 3.63) is 35.7 Å². The summed E-state index contributed by atoms with van der Waals surface area (Å²) in [5.41, 5.74) is 3.88. The first-order valence-corrected chi connectivity index (χ1v) is 6.04. The lowest BCUT2D eigenvalue weighted by atomic mass is 10.0. The zero-order valence-electron chi connectivity index (χ0n) is 10.6. The molecular formula is C14H22N2. The summed E-state index contributed by atoms with van der Waals surface area (Å²) in [6.45, 7) is 8.64. The predicted molar refractivity (Wildman–Crippen MR) is 70.4 cm³/mol. The van der Waals surface area contributed by atoms with E-state index < -0.39 is 0 Å². The molecule has 0 aliphatic rings. The van der Waals surface area contributed by atoms with Crippen LogP contribution in [-0.2, 0) is 0 Å². The molecule has 0 aromatic carbocycles. The molecule has 0 saturated carbocycles. The SMILES string of the molecule is CCCNCCC=C(C)c1cnccc1C. The van der Waals surface area contributed by atoms with Crippen LogP contribution in [0.4, 0.5) is 0 Å². The average molecular weight is 218 g/mol. The van der Waals surface area contributed by atoms with Gasteiger partial charge in [-0.2, -0.15) is 0 Å². The van der Waals surface area contributed by atoms with E-state index in [1.165, 1.54) is 23.1 Å². The molecule has 1 rings (SSSR count). The van der Waals surface area contributed by atoms with Crippen molar-refractivity contribution in [1.82, 2.24) is 10.3 Å². The molecule has 0 amide bonds. The molecule has 0 unspecified atom stereocenters. The van der Waals surface area contributed by atoms with E-state index in [0.717, 1.165) is 19.5 Å². The highest BCUT2D eigenvalue weighted by Crippen LogP contribution is 2.16. The van der Waals surface area contributed by atoms with Crippen LogP contribution in [0.5, 0.6) is 0 Å². The Hall–Kier alpha value is -1.15. The third-order valence-electron chi connectivity index (χ3n) is 2.66. The molecular weight excluding hydrogens is 196 g/mol. The minimum atomic E-state index is 1.06. The average Bonchev–Trinajstić information content (AvgIpc) is 2.29. The van der Waals surface area contributed by atoms with Crippen molar-refractivity contribution < 1.29 is 0 Å². The van der Waals surface area contributed by atoms with Gasteiger partial charge in [0.05, 0.1) is 0 Å². The van der Waals surface area contributed by atoms with E-state index >= 15 is 0 Å². The molecule has 0 bridgehead atoms. The molecule has 16 heavy (non-hydrogen) atoms. The van der Waals surface area contributed by atoms with Crippen LogP contribution in [0.3, 0.4) is 0 Å². The smallest absolute Gasteiger partial charge is 0.0345 e. The molecule has 1 N–H and O–H groups in total. The molecule has 1 heterocycles. The lowest BCUT2D eigenvalue weighted by Crippen LogP contribution is -2.15. The molecule has 88 valence electrons. The van der Waals surface area contributed by atoms with E-state index in [4.69, 9.17) is 0 Å². The van der Waals surface area contributed by atoms with Crippen molar-refractivity contribution in [3.8, 4) is 0 Å². The van der Waals surface area contributed by atoms with Gasteiger partial charge in [0.25, 0.3) is 0 Å². The highest BCUT2D eigenvalue weighted by Gasteiger charge is 1.98. The summed E-state index contributed by atoms with van der Waals surface area (Å²) in [6, 6.07) is 2.06.